The predicted octanol–water partition coefficient (Wildman–Crippen LogP) is 4.37. The minimum absolute atomic E-state index is 0.348. The van der Waals surface area contributed by atoms with Gasteiger partial charge in [0.2, 0.25) is 0 Å². The third kappa shape index (κ3) is 1.48. The van der Waals surface area contributed by atoms with Crippen molar-refractivity contribution < 1.29 is 4.79 Å². The van der Waals surface area contributed by atoms with E-state index in [-0.39, 0.29) is 0 Å². The van der Waals surface area contributed by atoms with Crippen LogP contribution in [-0.4, -0.2) is 5.78 Å². The maximum absolute atomic E-state index is 12.0. The van der Waals surface area contributed by atoms with Crippen LogP contribution in [0.2, 0.25) is 0 Å². The first-order valence-corrected chi connectivity index (χ1v) is 10.3. The Kier molecular flexibility index (Phi) is 2.56. The molecule has 0 spiro atoms. The van der Waals surface area contributed by atoms with Crippen LogP contribution in [-0.2, 0) is 4.79 Å². The number of hydrogen-bond acceptors (Lipinski definition) is 2. The second-order valence-corrected chi connectivity index (χ2v) is 9.82. The maximum Gasteiger partial charge on any atom is 0.155 e. The average molecular weight is 321 g/mol. The zero-order valence-electron chi connectivity index (χ0n) is 14.6. The van der Waals surface area contributed by atoms with Crippen molar-refractivity contribution in [1.29, 1.82) is 5.26 Å². The monoisotopic (exact) mass is 321 g/mol. The predicted molar refractivity (Wildman–Crippen MR) is 90.5 cm³/mol. The third-order valence-electron chi connectivity index (χ3n) is 9.45. The van der Waals surface area contributed by atoms with Crippen LogP contribution in [0.4, 0.5) is 0 Å². The lowest BCUT2D eigenvalue weighted by Crippen LogP contribution is -2.50. The molecule has 2 heteroatoms. The molecular weight excluding hydrogens is 294 g/mol. The fourth-order valence-electron chi connectivity index (χ4n) is 8.58. The molecule has 126 valence electrons. The van der Waals surface area contributed by atoms with Gasteiger partial charge >= 0.3 is 0 Å². The van der Waals surface area contributed by atoms with E-state index in [1.165, 1.54) is 32.1 Å². The molecule has 5 saturated carbocycles. The topological polar surface area (TPSA) is 40.9 Å². The van der Waals surface area contributed by atoms with Crippen molar-refractivity contribution in [2.24, 2.45) is 58.7 Å². The van der Waals surface area contributed by atoms with Gasteiger partial charge in [0, 0.05) is 6.42 Å². The summed E-state index contributed by atoms with van der Waals surface area (Å²) in [6.45, 7) is 2.36. The summed E-state index contributed by atoms with van der Waals surface area (Å²) in [6, 6.07) is 2.78. The summed E-state index contributed by atoms with van der Waals surface area (Å²) in [4.78, 5) is 12.0. The minimum Gasteiger partial charge on any atom is -0.295 e. The number of nitriles is 1. The number of nitrogens with zero attached hydrogens (tertiary/aromatic N) is 1. The number of carbonyl (C=O) groups excluding carboxylic acids is 1. The number of rotatable bonds is 1. The fourth-order valence-corrected chi connectivity index (χ4v) is 8.58. The van der Waals surface area contributed by atoms with Crippen LogP contribution in [0.5, 0.6) is 0 Å². The van der Waals surface area contributed by atoms with Gasteiger partial charge in [0.1, 0.15) is 0 Å². The highest BCUT2D eigenvalue weighted by atomic mass is 16.1. The molecule has 2 nitrogen and oxygen atoms in total. The molecule has 10 unspecified atom stereocenters. The van der Waals surface area contributed by atoms with Crippen LogP contribution in [0.25, 0.3) is 0 Å². The van der Waals surface area contributed by atoms with E-state index in [4.69, 9.17) is 0 Å². The van der Waals surface area contributed by atoms with Crippen molar-refractivity contribution in [3.8, 4) is 6.07 Å². The van der Waals surface area contributed by atoms with E-state index in [2.05, 4.69) is 19.1 Å². The van der Waals surface area contributed by atoms with E-state index >= 15 is 0 Å². The van der Waals surface area contributed by atoms with Crippen LogP contribution >= 0.6 is 0 Å². The van der Waals surface area contributed by atoms with E-state index in [9.17, 15) is 10.1 Å². The lowest BCUT2D eigenvalue weighted by molar-refractivity contribution is -0.116. The first-order chi connectivity index (χ1) is 11.7. The molecule has 0 aromatic heterocycles. The highest BCUT2D eigenvalue weighted by Crippen LogP contribution is 2.78. The van der Waals surface area contributed by atoms with Crippen molar-refractivity contribution >= 4 is 5.78 Å². The summed E-state index contributed by atoms with van der Waals surface area (Å²) < 4.78 is 0. The molecule has 0 aromatic rings. The summed E-state index contributed by atoms with van der Waals surface area (Å²) in [5.41, 5.74) is 1.91. The molecule has 0 aromatic carbocycles. The number of hydrogen-bond donors (Lipinski definition) is 0. The molecular formula is C22H27NO. The number of allylic oxidation sites excluding steroid dienone is 1. The Morgan fingerprint density at radius 2 is 2.04 bits per heavy atom. The molecule has 0 radical (unpaired) electrons. The van der Waals surface area contributed by atoms with Gasteiger partial charge in [0.15, 0.2) is 5.78 Å². The quantitative estimate of drug-likeness (QED) is 0.719. The molecule has 0 N–H and O–H groups in total. The van der Waals surface area contributed by atoms with Crippen molar-refractivity contribution in [3.05, 3.63) is 11.6 Å². The van der Waals surface area contributed by atoms with Crippen LogP contribution in [0.1, 0.15) is 51.9 Å². The Bertz CT molecular complexity index is 701. The summed E-state index contributed by atoms with van der Waals surface area (Å²) >= 11 is 0. The average Bonchev–Trinajstić information content (AvgIpc) is 3.50. The van der Waals surface area contributed by atoms with Crippen LogP contribution < -0.4 is 0 Å². The number of ketones is 1. The summed E-state index contributed by atoms with van der Waals surface area (Å²) in [5.74, 6) is 7.21. The summed E-state index contributed by atoms with van der Waals surface area (Å²) in [7, 11) is 0. The smallest absolute Gasteiger partial charge is 0.155 e. The Balaban J connectivity index is 1.43. The van der Waals surface area contributed by atoms with Crippen LogP contribution in [0.15, 0.2) is 11.6 Å². The van der Waals surface area contributed by atoms with E-state index < -0.39 is 0 Å². The zero-order valence-corrected chi connectivity index (χ0v) is 14.6. The molecule has 6 aliphatic rings. The van der Waals surface area contributed by atoms with Crippen molar-refractivity contribution in [2.45, 2.75) is 51.9 Å². The van der Waals surface area contributed by atoms with Crippen molar-refractivity contribution in [1.82, 2.24) is 0 Å². The number of carbonyl (C=O) groups is 1. The largest absolute Gasteiger partial charge is 0.295 e. The maximum atomic E-state index is 12.0. The fraction of sp³-hybridized carbons (Fsp3) is 0.818. The second-order valence-electron chi connectivity index (χ2n) is 9.82. The molecule has 24 heavy (non-hydrogen) atoms. The van der Waals surface area contributed by atoms with Gasteiger partial charge in [-0.2, -0.15) is 5.26 Å². The minimum atomic E-state index is 0.348. The molecule has 0 aliphatic heterocycles. The van der Waals surface area contributed by atoms with Gasteiger partial charge in [-0.3, -0.25) is 4.79 Å². The second kappa shape index (κ2) is 4.35. The SMILES string of the molecule is CCC12CCC3C4CCC(=O)C=C4C4CC4C3C1C1CC1C2C#N. The van der Waals surface area contributed by atoms with Gasteiger partial charge in [-0.1, -0.05) is 12.5 Å². The van der Waals surface area contributed by atoms with Gasteiger partial charge in [0.05, 0.1) is 12.0 Å². The Labute approximate surface area is 144 Å². The zero-order chi connectivity index (χ0) is 16.2. The molecule has 0 heterocycles. The Morgan fingerprint density at radius 3 is 2.83 bits per heavy atom. The van der Waals surface area contributed by atoms with E-state index in [0.29, 0.717) is 23.0 Å². The molecule has 0 amide bonds. The Morgan fingerprint density at radius 1 is 1.17 bits per heavy atom. The van der Waals surface area contributed by atoms with Crippen LogP contribution in [0, 0.1) is 70.0 Å². The molecule has 0 bridgehead atoms. The van der Waals surface area contributed by atoms with Gasteiger partial charge in [-0.25, -0.2) is 0 Å². The molecule has 5 fully saturated rings. The van der Waals surface area contributed by atoms with Crippen molar-refractivity contribution in [3.63, 3.8) is 0 Å². The third-order valence-corrected chi connectivity index (χ3v) is 9.45. The molecule has 6 rings (SSSR count). The van der Waals surface area contributed by atoms with E-state index in [1.54, 1.807) is 5.57 Å². The van der Waals surface area contributed by atoms with Gasteiger partial charge in [0.25, 0.3) is 0 Å². The summed E-state index contributed by atoms with van der Waals surface area (Å²) in [6.07, 6.45) is 10.5. The van der Waals surface area contributed by atoms with Gasteiger partial charge in [-0.15, -0.1) is 0 Å². The number of fused-ring (bicyclic) bond motifs is 10. The standard InChI is InChI=1S/C22H27NO/c1-2-22-6-5-13-12-4-3-11(24)7-14(12)15-8-17(15)20(13)21(22)18-9-16(18)19(22)10-23/h7,12-13,15-21H,2-6,8-9H2,1H3. The lowest BCUT2D eigenvalue weighted by atomic mass is 9.49. The van der Waals surface area contributed by atoms with E-state index in [0.717, 1.165) is 54.3 Å². The highest BCUT2D eigenvalue weighted by Gasteiger charge is 2.73. The van der Waals surface area contributed by atoms with Crippen molar-refractivity contribution in [2.75, 3.05) is 0 Å². The Hall–Kier alpha value is -1.10. The molecule has 10 atom stereocenters. The van der Waals surface area contributed by atoms with Gasteiger partial charge < -0.3 is 0 Å². The van der Waals surface area contributed by atoms with E-state index in [1.807, 2.05) is 0 Å². The van der Waals surface area contributed by atoms with Crippen LogP contribution in [0.3, 0.4) is 0 Å². The molecule has 0 saturated heterocycles. The first-order valence-electron chi connectivity index (χ1n) is 10.3. The normalized spacial score (nSPS) is 59.1. The van der Waals surface area contributed by atoms with Gasteiger partial charge in [-0.05, 0) is 97.4 Å². The lowest BCUT2D eigenvalue weighted by Gasteiger charge is -2.55. The highest BCUT2D eigenvalue weighted by molar-refractivity contribution is 5.91. The molecule has 6 aliphatic carbocycles. The first kappa shape index (κ1) is 14.1. The summed E-state index contributed by atoms with van der Waals surface area (Å²) in [5, 5.41) is 9.89.